The second-order valence-corrected chi connectivity index (χ2v) is 8.92. The van der Waals surface area contributed by atoms with Gasteiger partial charge in [-0.2, -0.15) is 0 Å². The van der Waals surface area contributed by atoms with Crippen LogP contribution >= 0.6 is 23.4 Å². The van der Waals surface area contributed by atoms with E-state index in [1.165, 1.54) is 11.8 Å². The van der Waals surface area contributed by atoms with Gasteiger partial charge in [-0.1, -0.05) is 23.8 Å². The Bertz CT molecular complexity index is 604. The Hall–Kier alpha value is -0.650. The van der Waals surface area contributed by atoms with Crippen molar-refractivity contribution in [2.45, 2.75) is 67.1 Å². The molecule has 0 radical (unpaired) electrons. The average molecular weight is 450 g/mol. The van der Waals surface area contributed by atoms with Crippen LogP contribution in [0.3, 0.4) is 0 Å². The molecule has 2 rings (SSSR count). The summed E-state index contributed by atoms with van der Waals surface area (Å²) in [5.74, 6) is -0.264. The molecule has 3 unspecified atom stereocenters. The van der Waals surface area contributed by atoms with Gasteiger partial charge in [-0.3, -0.25) is 4.79 Å². The molecule has 8 atom stereocenters. The van der Waals surface area contributed by atoms with Crippen molar-refractivity contribution in [1.29, 1.82) is 0 Å². The van der Waals surface area contributed by atoms with Gasteiger partial charge in [-0.05, 0) is 32.6 Å². The van der Waals surface area contributed by atoms with Crippen LogP contribution in [-0.2, 0) is 9.53 Å². The summed E-state index contributed by atoms with van der Waals surface area (Å²) in [4.78, 5) is 12.9. The van der Waals surface area contributed by atoms with Gasteiger partial charge in [0.25, 0.3) is 0 Å². The van der Waals surface area contributed by atoms with Crippen LogP contribution in [0, 0.1) is 0 Å². The van der Waals surface area contributed by atoms with Crippen LogP contribution in [0.15, 0.2) is 23.8 Å². The summed E-state index contributed by atoms with van der Waals surface area (Å²) in [7, 11) is 0. The first-order valence-corrected chi connectivity index (χ1v) is 11.5. The zero-order valence-corrected chi connectivity index (χ0v) is 18.3. The van der Waals surface area contributed by atoms with Gasteiger partial charge >= 0.3 is 0 Å². The van der Waals surface area contributed by atoms with Crippen molar-refractivity contribution in [1.82, 2.24) is 10.6 Å². The molecular weight excluding hydrogens is 418 g/mol. The number of nitrogens with two attached hydrogens (primary N) is 1. The number of carbonyl (C=O) groups excluding carboxylic acids is 1. The number of thioether (sulfide) groups is 1. The predicted octanol–water partition coefficient (Wildman–Crippen LogP) is -0.538. The largest absolute Gasteiger partial charge is 0.388 e. The molecule has 1 saturated heterocycles. The molecule has 1 fully saturated rings. The SMILES string of the molecule is CSC1O[C@H]([C@H](NC(=O)[C@@H]2CC=C(/C=C/CN)CCN2)[C@H](C)Cl)C(O)C(O)[C@H]1O. The molecule has 8 nitrogen and oxygen atoms in total. The maximum atomic E-state index is 12.9. The van der Waals surface area contributed by atoms with E-state index in [-0.39, 0.29) is 5.91 Å². The molecule has 7 N–H and O–H groups in total. The van der Waals surface area contributed by atoms with Gasteiger partial charge < -0.3 is 36.4 Å². The van der Waals surface area contributed by atoms with Crippen molar-refractivity contribution in [3.05, 3.63) is 23.8 Å². The number of amides is 1. The van der Waals surface area contributed by atoms with Gasteiger partial charge in [0.1, 0.15) is 29.9 Å². The summed E-state index contributed by atoms with van der Waals surface area (Å²) < 4.78 is 5.78. The minimum Gasteiger partial charge on any atom is -0.388 e. The van der Waals surface area contributed by atoms with Crippen LogP contribution in [0.5, 0.6) is 0 Å². The molecule has 2 aliphatic heterocycles. The second kappa shape index (κ2) is 11.7. The third kappa shape index (κ3) is 6.41. The topological polar surface area (TPSA) is 137 Å². The van der Waals surface area contributed by atoms with Gasteiger partial charge in [0.05, 0.1) is 17.5 Å². The summed E-state index contributed by atoms with van der Waals surface area (Å²) in [5, 5.41) is 36.2. The van der Waals surface area contributed by atoms with Crippen LogP contribution in [0.1, 0.15) is 19.8 Å². The molecule has 2 heterocycles. The van der Waals surface area contributed by atoms with E-state index in [2.05, 4.69) is 10.6 Å². The highest BCUT2D eigenvalue weighted by Crippen LogP contribution is 2.30. The highest BCUT2D eigenvalue weighted by molar-refractivity contribution is 7.99. The standard InChI is InChI=1S/C19H32ClN3O5S/c1-10(20)13(17-15(25)14(24)16(26)19(28-17)29-2)23-18(27)12-6-5-11(4-3-8-21)7-9-22-12/h3-5,10,12-17,19,22,24-26H,6-9,21H2,1-2H3,(H,23,27)/b4-3+/t10-,12-,13+,14?,15?,16+,17+,19?/m0/s1. The fourth-order valence-corrected chi connectivity index (χ4v) is 4.39. The molecule has 29 heavy (non-hydrogen) atoms. The number of alkyl halides is 1. The third-order valence-corrected chi connectivity index (χ3v) is 6.33. The van der Waals surface area contributed by atoms with E-state index in [1.807, 2.05) is 18.2 Å². The van der Waals surface area contributed by atoms with E-state index in [9.17, 15) is 20.1 Å². The minimum absolute atomic E-state index is 0.264. The van der Waals surface area contributed by atoms with E-state index in [0.717, 1.165) is 12.0 Å². The number of halogens is 1. The Balaban J connectivity index is 2.09. The monoisotopic (exact) mass is 449 g/mol. The number of carbonyl (C=O) groups is 1. The Morgan fingerprint density at radius 2 is 2.17 bits per heavy atom. The van der Waals surface area contributed by atoms with Gasteiger partial charge in [0, 0.05) is 6.54 Å². The Labute approximate surface area is 180 Å². The fraction of sp³-hybridized carbons (Fsp3) is 0.737. The van der Waals surface area contributed by atoms with Crippen LogP contribution < -0.4 is 16.4 Å². The highest BCUT2D eigenvalue weighted by atomic mass is 35.5. The Kier molecular flexibility index (Phi) is 9.90. The van der Waals surface area contributed by atoms with Gasteiger partial charge in [-0.15, -0.1) is 23.4 Å². The number of aliphatic hydroxyl groups is 3. The molecule has 1 amide bonds. The van der Waals surface area contributed by atoms with Crippen LogP contribution in [-0.4, -0.2) is 87.9 Å². The molecule has 0 spiro atoms. The lowest BCUT2D eigenvalue weighted by Gasteiger charge is -2.44. The lowest BCUT2D eigenvalue weighted by molar-refractivity contribution is -0.205. The smallest absolute Gasteiger partial charge is 0.237 e. The van der Waals surface area contributed by atoms with Crippen molar-refractivity contribution in [3.63, 3.8) is 0 Å². The van der Waals surface area contributed by atoms with E-state index >= 15 is 0 Å². The molecule has 0 aromatic heterocycles. The zero-order valence-electron chi connectivity index (χ0n) is 16.7. The summed E-state index contributed by atoms with van der Waals surface area (Å²) in [6, 6.07) is -1.20. The van der Waals surface area contributed by atoms with Gasteiger partial charge in [-0.25, -0.2) is 0 Å². The van der Waals surface area contributed by atoms with Crippen LogP contribution in [0.4, 0.5) is 0 Å². The molecule has 10 heteroatoms. The Morgan fingerprint density at radius 1 is 1.45 bits per heavy atom. The molecule has 0 aromatic rings. The lowest BCUT2D eigenvalue weighted by Crippen LogP contribution is -2.65. The molecule has 0 aliphatic carbocycles. The lowest BCUT2D eigenvalue weighted by atomic mass is 9.93. The third-order valence-electron chi connectivity index (χ3n) is 5.20. The molecule has 0 saturated carbocycles. The number of hydrogen-bond acceptors (Lipinski definition) is 8. The van der Waals surface area contributed by atoms with Crippen molar-refractivity contribution in [2.24, 2.45) is 5.73 Å². The number of aliphatic hydroxyl groups excluding tert-OH is 3. The number of hydrogen-bond donors (Lipinski definition) is 6. The van der Waals surface area contributed by atoms with E-state index < -0.39 is 47.3 Å². The zero-order chi connectivity index (χ0) is 21.6. The fourth-order valence-electron chi connectivity index (χ4n) is 3.50. The van der Waals surface area contributed by atoms with Crippen molar-refractivity contribution < 1.29 is 24.9 Å². The first kappa shape index (κ1) is 24.6. The van der Waals surface area contributed by atoms with Crippen molar-refractivity contribution in [2.75, 3.05) is 19.3 Å². The second-order valence-electron chi connectivity index (χ2n) is 7.30. The summed E-state index contributed by atoms with van der Waals surface area (Å²) in [6.07, 6.45) is 3.91. The summed E-state index contributed by atoms with van der Waals surface area (Å²) >= 11 is 7.52. The Morgan fingerprint density at radius 3 is 2.79 bits per heavy atom. The highest BCUT2D eigenvalue weighted by Gasteiger charge is 2.48. The van der Waals surface area contributed by atoms with E-state index in [1.54, 1.807) is 13.2 Å². The predicted molar refractivity (Wildman–Crippen MR) is 115 cm³/mol. The minimum atomic E-state index is -1.39. The first-order chi connectivity index (χ1) is 13.8. The molecule has 0 bridgehead atoms. The first-order valence-electron chi connectivity index (χ1n) is 9.76. The van der Waals surface area contributed by atoms with E-state index in [0.29, 0.717) is 19.5 Å². The summed E-state index contributed by atoms with van der Waals surface area (Å²) in [5.41, 5.74) is 5.87. The maximum absolute atomic E-state index is 12.9. The van der Waals surface area contributed by atoms with E-state index in [4.69, 9.17) is 22.1 Å². The summed E-state index contributed by atoms with van der Waals surface area (Å²) in [6.45, 7) is 2.79. The van der Waals surface area contributed by atoms with Crippen LogP contribution in [0.2, 0.25) is 0 Å². The average Bonchev–Trinajstić information content (AvgIpc) is 2.95. The number of rotatable bonds is 7. The van der Waals surface area contributed by atoms with Crippen molar-refractivity contribution in [3.8, 4) is 0 Å². The van der Waals surface area contributed by atoms with Gasteiger partial charge in [0.15, 0.2) is 0 Å². The maximum Gasteiger partial charge on any atom is 0.237 e. The normalized spacial score (nSPS) is 35.6. The molecular formula is C19H32ClN3O5S. The molecule has 166 valence electrons. The number of allylic oxidation sites excluding steroid dienone is 1. The molecule has 0 aromatic carbocycles. The number of ether oxygens (including phenoxy) is 1. The van der Waals surface area contributed by atoms with Crippen molar-refractivity contribution >= 4 is 29.3 Å². The van der Waals surface area contributed by atoms with Crippen LogP contribution in [0.25, 0.3) is 0 Å². The molecule has 2 aliphatic rings. The number of nitrogens with one attached hydrogen (secondary N) is 2. The quantitative estimate of drug-likeness (QED) is 0.285. The van der Waals surface area contributed by atoms with Gasteiger partial charge in [0.2, 0.25) is 5.91 Å².